The second kappa shape index (κ2) is 9.44. The predicted molar refractivity (Wildman–Crippen MR) is 125 cm³/mol. The summed E-state index contributed by atoms with van der Waals surface area (Å²) in [6.07, 6.45) is 7.17. The summed E-state index contributed by atoms with van der Waals surface area (Å²) in [5.74, 6) is -0.0540. The van der Waals surface area contributed by atoms with Crippen molar-refractivity contribution in [1.29, 1.82) is 0 Å². The van der Waals surface area contributed by atoms with E-state index in [2.05, 4.69) is 9.91 Å². The van der Waals surface area contributed by atoms with E-state index in [1.54, 1.807) is 0 Å². The van der Waals surface area contributed by atoms with Crippen LogP contribution >= 0.6 is 0 Å². The predicted octanol–water partition coefficient (Wildman–Crippen LogP) is 2.59. The third-order valence-electron chi connectivity index (χ3n) is 7.10. The van der Waals surface area contributed by atoms with E-state index in [1.165, 1.54) is 12.8 Å². The number of nitrogens with two attached hydrogens (primary N) is 1. The number of morpholine rings is 1. The van der Waals surface area contributed by atoms with E-state index in [1.807, 2.05) is 37.3 Å². The van der Waals surface area contributed by atoms with E-state index in [-0.39, 0.29) is 5.97 Å². The summed E-state index contributed by atoms with van der Waals surface area (Å²) in [6, 6.07) is 7.89. The van der Waals surface area contributed by atoms with Crippen molar-refractivity contribution in [3.63, 3.8) is 0 Å². The average molecular weight is 455 g/mol. The van der Waals surface area contributed by atoms with Gasteiger partial charge in [-0.1, -0.05) is 31.9 Å². The number of benzene rings is 1. The Bertz CT molecular complexity index is 936. The van der Waals surface area contributed by atoms with Crippen LogP contribution in [0.2, 0.25) is 0 Å². The third-order valence-corrected chi connectivity index (χ3v) is 7.10. The maximum atomic E-state index is 13.1. The van der Waals surface area contributed by atoms with E-state index in [0.717, 1.165) is 57.1 Å². The van der Waals surface area contributed by atoms with Gasteiger partial charge < -0.3 is 14.2 Å². The van der Waals surface area contributed by atoms with Crippen molar-refractivity contribution in [1.82, 2.24) is 9.91 Å². The maximum Gasteiger partial charge on any atom is 0.323 e. The summed E-state index contributed by atoms with van der Waals surface area (Å²) in [7, 11) is 0. The normalized spacial score (nSPS) is 28.4. The topological polar surface area (TPSA) is 89.6 Å². The second-order valence-electron chi connectivity index (χ2n) is 9.27. The van der Waals surface area contributed by atoms with Gasteiger partial charge in [0.1, 0.15) is 18.3 Å². The number of carbonyl (C=O) groups is 1. The number of hydrogen-bond donors (Lipinski definition) is 1. The van der Waals surface area contributed by atoms with Gasteiger partial charge in [0.15, 0.2) is 0 Å². The molecule has 33 heavy (non-hydrogen) atoms. The molecule has 2 atom stereocenters. The van der Waals surface area contributed by atoms with Crippen LogP contribution in [0, 0.1) is 5.92 Å². The zero-order valence-corrected chi connectivity index (χ0v) is 19.4. The average Bonchev–Trinajstić information content (AvgIpc) is 3.48. The van der Waals surface area contributed by atoms with Crippen molar-refractivity contribution in [3.05, 3.63) is 41.6 Å². The van der Waals surface area contributed by atoms with Crippen molar-refractivity contribution in [2.24, 2.45) is 16.8 Å². The standard InChI is InChI=1S/C25H34N4O4/c1-2-21-23-22(29(27-21)19-7-3-4-8-19)17-25(26,33-24(23)30)18-6-5-9-20(16-18)32-15-12-28-10-13-31-14-11-28/h5-6,9,16-17,19,23H,2-4,7-8,10-15,26H2,1H3. The highest BCUT2D eigenvalue weighted by molar-refractivity contribution is 6.06. The first-order chi connectivity index (χ1) is 16.1. The van der Waals surface area contributed by atoms with Crippen LogP contribution < -0.4 is 10.5 Å². The van der Waals surface area contributed by atoms with Gasteiger partial charge in [-0.3, -0.25) is 20.4 Å². The molecule has 4 aliphatic rings. The molecule has 2 unspecified atom stereocenters. The van der Waals surface area contributed by atoms with Gasteiger partial charge >= 0.3 is 5.97 Å². The lowest BCUT2D eigenvalue weighted by molar-refractivity contribution is -0.160. The van der Waals surface area contributed by atoms with E-state index in [0.29, 0.717) is 30.4 Å². The van der Waals surface area contributed by atoms with Gasteiger partial charge in [0, 0.05) is 31.3 Å². The van der Waals surface area contributed by atoms with Gasteiger partial charge in [0.2, 0.25) is 5.72 Å². The van der Waals surface area contributed by atoms with Gasteiger partial charge in [-0.25, -0.2) is 0 Å². The quantitative estimate of drug-likeness (QED) is 0.634. The van der Waals surface area contributed by atoms with E-state index in [4.69, 9.17) is 25.0 Å². The van der Waals surface area contributed by atoms with Gasteiger partial charge in [0.05, 0.1) is 30.7 Å². The molecule has 5 rings (SSSR count). The molecule has 0 spiro atoms. The molecule has 3 aliphatic heterocycles. The lowest BCUT2D eigenvalue weighted by Crippen LogP contribution is -2.48. The lowest BCUT2D eigenvalue weighted by Gasteiger charge is -2.36. The summed E-state index contributed by atoms with van der Waals surface area (Å²) in [5, 5.41) is 6.89. The minimum absolute atomic E-state index is 0.324. The molecule has 1 aliphatic carbocycles. The number of esters is 1. The van der Waals surface area contributed by atoms with E-state index in [9.17, 15) is 4.79 Å². The second-order valence-corrected chi connectivity index (χ2v) is 9.27. The molecular formula is C25H34N4O4. The highest BCUT2D eigenvalue weighted by atomic mass is 16.6. The van der Waals surface area contributed by atoms with Crippen molar-refractivity contribution < 1.29 is 19.0 Å². The van der Waals surface area contributed by atoms with Crippen molar-refractivity contribution in [2.75, 3.05) is 39.5 Å². The third kappa shape index (κ3) is 4.52. The summed E-state index contributed by atoms with van der Waals surface area (Å²) in [4.78, 5) is 15.5. The fourth-order valence-corrected chi connectivity index (χ4v) is 5.24. The van der Waals surface area contributed by atoms with E-state index < -0.39 is 11.6 Å². The Morgan fingerprint density at radius 3 is 2.79 bits per heavy atom. The van der Waals surface area contributed by atoms with Crippen LogP contribution in [0.25, 0.3) is 0 Å². The van der Waals surface area contributed by atoms with Crippen LogP contribution in [0.4, 0.5) is 0 Å². The fourth-order valence-electron chi connectivity index (χ4n) is 5.24. The molecule has 2 N–H and O–H groups in total. The Labute approximate surface area is 195 Å². The van der Waals surface area contributed by atoms with Crippen LogP contribution in [-0.4, -0.2) is 67.1 Å². The van der Waals surface area contributed by atoms with Gasteiger partial charge in [-0.15, -0.1) is 0 Å². The highest BCUT2D eigenvalue weighted by Gasteiger charge is 2.48. The van der Waals surface area contributed by atoms with Gasteiger partial charge in [0.25, 0.3) is 0 Å². The van der Waals surface area contributed by atoms with Crippen LogP contribution in [0.15, 0.2) is 41.1 Å². The molecule has 1 aromatic rings. The fraction of sp³-hybridized carbons (Fsp3) is 0.600. The molecule has 8 nitrogen and oxygen atoms in total. The Balaban J connectivity index is 1.35. The molecule has 0 amide bonds. The van der Waals surface area contributed by atoms with Crippen LogP contribution in [0.3, 0.4) is 0 Å². The molecule has 0 radical (unpaired) electrons. The lowest BCUT2D eigenvalue weighted by atomic mass is 9.90. The van der Waals surface area contributed by atoms with Crippen LogP contribution in [-0.2, 0) is 20.0 Å². The minimum atomic E-state index is -1.35. The van der Waals surface area contributed by atoms with Crippen LogP contribution in [0.1, 0.15) is 44.6 Å². The number of hydrazone groups is 1. The Hall–Kier alpha value is -2.42. The first kappa shape index (κ1) is 22.4. The van der Waals surface area contributed by atoms with E-state index >= 15 is 0 Å². The highest BCUT2D eigenvalue weighted by Crippen LogP contribution is 2.42. The summed E-state index contributed by atoms with van der Waals surface area (Å²) < 4.78 is 17.2. The van der Waals surface area contributed by atoms with Gasteiger partial charge in [-0.05, 0) is 31.4 Å². The number of carbonyl (C=O) groups excluding carboxylic acids is 1. The molecule has 1 saturated carbocycles. The molecule has 2 fully saturated rings. The molecular weight excluding hydrogens is 420 g/mol. The molecule has 8 heteroatoms. The molecule has 178 valence electrons. The number of cyclic esters (lactones) is 1. The largest absolute Gasteiger partial charge is 0.492 e. The molecule has 1 saturated heterocycles. The van der Waals surface area contributed by atoms with Crippen molar-refractivity contribution in [2.45, 2.75) is 50.8 Å². The van der Waals surface area contributed by atoms with Crippen molar-refractivity contribution in [3.8, 4) is 5.75 Å². The number of ether oxygens (including phenoxy) is 3. The zero-order chi connectivity index (χ0) is 22.8. The minimum Gasteiger partial charge on any atom is -0.492 e. The molecule has 1 aromatic carbocycles. The molecule has 0 aromatic heterocycles. The Morgan fingerprint density at radius 1 is 1.24 bits per heavy atom. The summed E-state index contributed by atoms with van der Waals surface area (Å²) in [5.41, 5.74) is 7.80. The number of fused-ring (bicyclic) bond motifs is 1. The first-order valence-electron chi connectivity index (χ1n) is 12.2. The van der Waals surface area contributed by atoms with Gasteiger partial charge in [-0.2, -0.15) is 5.10 Å². The number of nitrogens with zero attached hydrogens (tertiary/aromatic N) is 3. The number of rotatable bonds is 7. The smallest absolute Gasteiger partial charge is 0.323 e. The summed E-state index contributed by atoms with van der Waals surface area (Å²) >= 11 is 0. The Kier molecular flexibility index (Phi) is 6.40. The maximum absolute atomic E-state index is 13.1. The SMILES string of the molecule is CCC1=NN(C2CCCC2)C2=CC(N)(c3cccc(OCCN4CCOCC4)c3)OC(=O)C21. The first-order valence-corrected chi connectivity index (χ1v) is 12.2. The zero-order valence-electron chi connectivity index (χ0n) is 19.4. The number of hydrogen-bond acceptors (Lipinski definition) is 8. The summed E-state index contributed by atoms with van der Waals surface area (Å²) in [6.45, 7) is 6.85. The molecule has 3 heterocycles. The van der Waals surface area contributed by atoms with Crippen LogP contribution in [0.5, 0.6) is 5.75 Å². The Morgan fingerprint density at radius 2 is 2.03 bits per heavy atom. The monoisotopic (exact) mass is 454 g/mol. The molecule has 0 bridgehead atoms. The van der Waals surface area contributed by atoms with Crippen molar-refractivity contribution >= 4 is 11.7 Å².